The van der Waals surface area contributed by atoms with E-state index in [0.29, 0.717) is 20.8 Å². The number of anilines is 1. The molecule has 0 aliphatic rings. The van der Waals surface area contributed by atoms with Crippen LogP contribution in [0, 0.1) is 5.82 Å². The number of halogens is 5. The maximum atomic E-state index is 13.7. The number of nitrogens with one attached hydrogen (secondary N) is 1. The van der Waals surface area contributed by atoms with E-state index in [1.807, 2.05) is 0 Å². The van der Waals surface area contributed by atoms with Gasteiger partial charge in [-0.05, 0) is 22.0 Å². The van der Waals surface area contributed by atoms with Crippen LogP contribution in [0.3, 0.4) is 0 Å². The molecule has 3 rings (SSSR count). The fraction of sp³-hybridized carbons (Fsp3) is 0.188. The van der Waals surface area contributed by atoms with Crippen LogP contribution < -0.4 is 5.32 Å². The summed E-state index contributed by atoms with van der Waals surface area (Å²) in [4.78, 5) is 12.2. The van der Waals surface area contributed by atoms with Gasteiger partial charge in [0.2, 0.25) is 0 Å². The number of aryl methyl sites for hydroxylation is 1. The van der Waals surface area contributed by atoms with Crippen molar-refractivity contribution in [3.05, 3.63) is 63.8 Å². The summed E-state index contributed by atoms with van der Waals surface area (Å²) in [7, 11) is 1.10. The molecule has 0 bridgehead atoms. The Kier molecular flexibility index (Phi) is 5.05. The third kappa shape index (κ3) is 4.18. The van der Waals surface area contributed by atoms with Crippen LogP contribution in [0.4, 0.5) is 23.4 Å². The topological polar surface area (TPSA) is 64.7 Å². The zero-order valence-corrected chi connectivity index (χ0v) is 15.3. The van der Waals surface area contributed by atoms with Crippen LogP contribution in [0.25, 0.3) is 0 Å². The highest BCUT2D eigenvalue weighted by Crippen LogP contribution is 2.29. The molecule has 0 fully saturated rings. The van der Waals surface area contributed by atoms with E-state index in [4.69, 9.17) is 0 Å². The quantitative estimate of drug-likeness (QED) is 0.620. The highest BCUT2D eigenvalue weighted by molar-refractivity contribution is 9.10. The molecule has 6 nitrogen and oxygen atoms in total. The van der Waals surface area contributed by atoms with Crippen molar-refractivity contribution in [3.63, 3.8) is 0 Å². The first-order valence-corrected chi connectivity index (χ1v) is 8.33. The first-order chi connectivity index (χ1) is 12.6. The van der Waals surface area contributed by atoms with E-state index in [0.717, 1.165) is 7.05 Å². The molecule has 0 aliphatic heterocycles. The van der Waals surface area contributed by atoms with Crippen molar-refractivity contribution in [1.29, 1.82) is 0 Å². The van der Waals surface area contributed by atoms with Crippen LogP contribution >= 0.6 is 15.9 Å². The maximum absolute atomic E-state index is 13.7. The molecule has 0 atom stereocenters. The van der Waals surface area contributed by atoms with Crippen molar-refractivity contribution in [1.82, 2.24) is 19.6 Å². The number of benzene rings is 1. The second-order valence-electron chi connectivity index (χ2n) is 5.60. The lowest BCUT2D eigenvalue weighted by Crippen LogP contribution is -2.14. The van der Waals surface area contributed by atoms with Gasteiger partial charge in [0.25, 0.3) is 5.91 Å². The summed E-state index contributed by atoms with van der Waals surface area (Å²) in [6.45, 7) is 0.114. The SMILES string of the molecule is Cn1nc(C(=O)Nc2nn(Cc3ccccc3F)cc2Br)cc1C(F)(F)F. The smallest absolute Gasteiger partial charge is 0.303 e. The van der Waals surface area contributed by atoms with Gasteiger partial charge in [-0.25, -0.2) is 4.39 Å². The number of rotatable bonds is 4. The standard InChI is InChI=1S/C16H12BrF4N5O/c1-25-13(16(19,20)21)6-12(23-25)15(27)22-14-10(17)8-26(24-14)7-9-4-2-3-5-11(9)18/h2-6,8H,7H2,1H3,(H,22,24,27). The van der Waals surface area contributed by atoms with Crippen molar-refractivity contribution < 1.29 is 22.4 Å². The Morgan fingerprint density at radius 3 is 2.59 bits per heavy atom. The highest BCUT2D eigenvalue weighted by atomic mass is 79.9. The number of amides is 1. The Hall–Kier alpha value is -2.69. The molecule has 0 saturated heterocycles. The van der Waals surface area contributed by atoms with Crippen LogP contribution in [-0.4, -0.2) is 25.5 Å². The molecular formula is C16H12BrF4N5O. The molecule has 0 spiro atoms. The summed E-state index contributed by atoms with van der Waals surface area (Å²) in [5, 5.41) is 10.1. The first kappa shape index (κ1) is 19.1. The molecule has 1 N–H and O–H groups in total. The summed E-state index contributed by atoms with van der Waals surface area (Å²) >= 11 is 3.20. The largest absolute Gasteiger partial charge is 0.433 e. The fourth-order valence-corrected chi connectivity index (χ4v) is 2.79. The summed E-state index contributed by atoms with van der Waals surface area (Å²) in [5.74, 6) is -1.17. The Bertz CT molecular complexity index is 995. The third-order valence-corrected chi connectivity index (χ3v) is 4.22. The molecule has 0 saturated carbocycles. The minimum Gasteiger partial charge on any atom is -0.303 e. The van der Waals surface area contributed by atoms with E-state index < -0.39 is 29.3 Å². The van der Waals surface area contributed by atoms with Gasteiger partial charge >= 0.3 is 6.18 Å². The van der Waals surface area contributed by atoms with Crippen LogP contribution in [0.2, 0.25) is 0 Å². The molecular weight excluding hydrogens is 434 g/mol. The van der Waals surface area contributed by atoms with E-state index >= 15 is 0 Å². The van der Waals surface area contributed by atoms with Crippen molar-refractivity contribution in [2.24, 2.45) is 7.05 Å². The van der Waals surface area contributed by atoms with Crippen molar-refractivity contribution in [2.75, 3.05) is 5.32 Å². The number of carbonyl (C=O) groups is 1. The lowest BCUT2D eigenvalue weighted by atomic mass is 10.2. The van der Waals surface area contributed by atoms with Crippen molar-refractivity contribution in [3.8, 4) is 0 Å². The van der Waals surface area contributed by atoms with Crippen LogP contribution in [0.15, 0.2) is 41.0 Å². The van der Waals surface area contributed by atoms with Crippen LogP contribution in [0.1, 0.15) is 21.7 Å². The molecule has 11 heteroatoms. The monoisotopic (exact) mass is 445 g/mol. The second-order valence-corrected chi connectivity index (χ2v) is 6.46. The van der Waals surface area contributed by atoms with Gasteiger partial charge in [0.15, 0.2) is 11.5 Å². The summed E-state index contributed by atoms with van der Waals surface area (Å²) in [6, 6.07) is 6.80. The average Bonchev–Trinajstić information content (AvgIpc) is 3.13. The minimum atomic E-state index is -4.62. The zero-order chi connectivity index (χ0) is 19.8. The minimum absolute atomic E-state index is 0.0792. The molecule has 0 radical (unpaired) electrons. The molecule has 2 heterocycles. The number of carbonyl (C=O) groups excluding carboxylic acids is 1. The number of nitrogens with zero attached hydrogens (tertiary/aromatic N) is 4. The van der Waals surface area contributed by atoms with Crippen molar-refractivity contribution >= 4 is 27.7 Å². The lowest BCUT2D eigenvalue weighted by Gasteiger charge is -2.04. The molecule has 142 valence electrons. The molecule has 1 aromatic carbocycles. The van der Waals surface area contributed by atoms with Crippen LogP contribution in [-0.2, 0) is 19.8 Å². The molecule has 0 unspecified atom stereocenters. The molecule has 2 aromatic heterocycles. The fourth-order valence-electron chi connectivity index (χ4n) is 2.38. The lowest BCUT2D eigenvalue weighted by molar-refractivity contribution is -0.143. The third-order valence-electron chi connectivity index (χ3n) is 3.64. The summed E-state index contributed by atoms with van der Waals surface area (Å²) in [6.07, 6.45) is -3.11. The molecule has 3 aromatic rings. The van der Waals surface area contributed by atoms with E-state index in [1.165, 1.54) is 16.9 Å². The van der Waals surface area contributed by atoms with Gasteiger partial charge < -0.3 is 5.32 Å². The zero-order valence-electron chi connectivity index (χ0n) is 13.8. The predicted molar refractivity (Wildman–Crippen MR) is 91.6 cm³/mol. The number of hydrogen-bond acceptors (Lipinski definition) is 3. The number of aromatic nitrogens is 4. The average molecular weight is 446 g/mol. The Labute approximate surface area is 158 Å². The van der Waals surface area contributed by atoms with Gasteiger partial charge in [-0.1, -0.05) is 18.2 Å². The molecule has 27 heavy (non-hydrogen) atoms. The summed E-state index contributed by atoms with van der Waals surface area (Å²) in [5.41, 5.74) is -1.05. The highest BCUT2D eigenvalue weighted by Gasteiger charge is 2.35. The van der Waals surface area contributed by atoms with Gasteiger partial charge in [-0.3, -0.25) is 14.2 Å². The van der Waals surface area contributed by atoms with Gasteiger partial charge in [0.1, 0.15) is 11.5 Å². The first-order valence-electron chi connectivity index (χ1n) is 7.54. The van der Waals surface area contributed by atoms with E-state index in [1.54, 1.807) is 18.2 Å². The summed E-state index contributed by atoms with van der Waals surface area (Å²) < 4.78 is 54.5. The Morgan fingerprint density at radius 2 is 1.96 bits per heavy atom. The maximum Gasteiger partial charge on any atom is 0.433 e. The van der Waals surface area contributed by atoms with Crippen molar-refractivity contribution in [2.45, 2.75) is 12.7 Å². The number of hydrogen-bond donors (Lipinski definition) is 1. The predicted octanol–water partition coefficient (Wildman–Crippen LogP) is 3.84. The van der Waals surface area contributed by atoms with Gasteiger partial charge in [0.05, 0.1) is 11.0 Å². The van der Waals surface area contributed by atoms with Gasteiger partial charge in [0, 0.05) is 24.9 Å². The van der Waals surface area contributed by atoms with Crippen LogP contribution in [0.5, 0.6) is 0 Å². The normalized spacial score (nSPS) is 11.6. The second kappa shape index (κ2) is 7.14. The van der Waals surface area contributed by atoms with E-state index in [2.05, 4.69) is 31.4 Å². The number of alkyl halides is 3. The Morgan fingerprint density at radius 1 is 1.26 bits per heavy atom. The van der Waals surface area contributed by atoms with E-state index in [-0.39, 0.29) is 12.4 Å². The molecule has 0 aliphatic carbocycles. The van der Waals surface area contributed by atoms with Gasteiger partial charge in [-0.2, -0.15) is 23.4 Å². The molecule has 1 amide bonds. The Balaban J connectivity index is 1.77. The van der Waals surface area contributed by atoms with Gasteiger partial charge in [-0.15, -0.1) is 0 Å². The van der Waals surface area contributed by atoms with E-state index in [9.17, 15) is 22.4 Å².